The second kappa shape index (κ2) is 6.93. The zero-order valence-corrected chi connectivity index (χ0v) is 15.6. The Hall–Kier alpha value is -2.26. The topological polar surface area (TPSA) is 21.1 Å². The minimum absolute atomic E-state index is 0. The lowest BCUT2D eigenvalue weighted by Gasteiger charge is -2.30. The van der Waals surface area contributed by atoms with Crippen LogP contribution in [0.5, 0.6) is 0 Å². The van der Waals surface area contributed by atoms with E-state index in [2.05, 4.69) is 60.3 Å². The number of benzene rings is 1. The van der Waals surface area contributed by atoms with Crippen molar-refractivity contribution >= 4 is 29.1 Å². The van der Waals surface area contributed by atoms with E-state index in [1.54, 1.807) is 0 Å². The molecule has 0 radical (unpaired) electrons. The van der Waals surface area contributed by atoms with Crippen LogP contribution in [0.3, 0.4) is 0 Å². The smallest absolute Gasteiger partial charge is 0.138 e. The maximum atomic E-state index is 4.78. The van der Waals surface area contributed by atoms with Crippen molar-refractivity contribution in [3.63, 3.8) is 0 Å². The molecule has 0 saturated heterocycles. The summed E-state index contributed by atoms with van der Waals surface area (Å²) in [5.74, 6) is 1.11. The summed E-state index contributed by atoms with van der Waals surface area (Å²) in [6, 6.07) is 10.9. The molecule has 0 aliphatic carbocycles. The molecule has 3 nitrogen and oxygen atoms in total. The van der Waals surface area contributed by atoms with Crippen LogP contribution in [0.15, 0.2) is 49.2 Å². The van der Waals surface area contributed by atoms with Gasteiger partial charge < -0.3 is 9.47 Å². The molecule has 0 fully saturated rings. The maximum Gasteiger partial charge on any atom is 0.138 e. The molecule has 3 aromatic rings. The maximum absolute atomic E-state index is 4.78. The van der Waals surface area contributed by atoms with Crippen molar-refractivity contribution < 1.29 is 0 Å². The summed E-state index contributed by atoms with van der Waals surface area (Å²) < 4.78 is 2.28. The van der Waals surface area contributed by atoms with Crippen molar-refractivity contribution in [2.45, 2.75) is 26.3 Å². The molecule has 0 N–H and O–H groups in total. The first kappa shape index (κ1) is 17.6. The van der Waals surface area contributed by atoms with Gasteiger partial charge in [0.05, 0.1) is 5.52 Å². The number of allylic oxidation sites excluding steroid dienone is 1. The second-order valence-electron chi connectivity index (χ2n) is 6.58. The number of hydrogen-bond donors (Lipinski definition) is 0. The van der Waals surface area contributed by atoms with Crippen molar-refractivity contribution in [3.8, 4) is 0 Å². The molecular formula is C21H24ClN3. The van der Waals surface area contributed by atoms with Gasteiger partial charge in [-0.15, -0.1) is 19.0 Å². The second-order valence-corrected chi connectivity index (χ2v) is 6.58. The Morgan fingerprint density at radius 3 is 2.72 bits per heavy atom. The summed E-state index contributed by atoms with van der Waals surface area (Å²) in [5.41, 5.74) is 6.80. The largest absolute Gasteiger partial charge is 0.351 e. The van der Waals surface area contributed by atoms with Crippen LogP contribution >= 0.6 is 12.4 Å². The fraction of sp³-hybridized carbons (Fsp3) is 0.286. The Labute approximate surface area is 155 Å². The number of pyridine rings is 1. The lowest BCUT2D eigenvalue weighted by molar-refractivity contribution is 0.724. The molecular weight excluding hydrogens is 330 g/mol. The summed E-state index contributed by atoms with van der Waals surface area (Å²) >= 11 is 0. The summed E-state index contributed by atoms with van der Waals surface area (Å²) in [7, 11) is 2.14. The van der Waals surface area contributed by atoms with Crippen molar-refractivity contribution in [2.24, 2.45) is 7.05 Å². The van der Waals surface area contributed by atoms with Crippen LogP contribution in [0.1, 0.15) is 22.4 Å². The van der Waals surface area contributed by atoms with Crippen molar-refractivity contribution in [2.75, 3.05) is 11.4 Å². The number of nitrogens with zero attached hydrogens (tertiary/aromatic N) is 3. The molecule has 25 heavy (non-hydrogen) atoms. The van der Waals surface area contributed by atoms with E-state index < -0.39 is 0 Å². The highest BCUT2D eigenvalue weighted by Crippen LogP contribution is 2.34. The predicted octanol–water partition coefficient (Wildman–Crippen LogP) is 4.59. The number of hydrogen-bond acceptors (Lipinski definition) is 2. The number of aromatic nitrogens is 2. The quantitative estimate of drug-likeness (QED) is 0.642. The van der Waals surface area contributed by atoms with E-state index in [1.165, 1.54) is 33.3 Å². The van der Waals surface area contributed by atoms with Gasteiger partial charge in [-0.1, -0.05) is 30.3 Å². The van der Waals surface area contributed by atoms with Crippen LogP contribution in [-0.4, -0.2) is 16.1 Å². The van der Waals surface area contributed by atoms with E-state index in [0.29, 0.717) is 0 Å². The molecule has 0 unspecified atom stereocenters. The van der Waals surface area contributed by atoms with Crippen LogP contribution in [0.25, 0.3) is 10.9 Å². The molecule has 4 heteroatoms. The average Bonchev–Trinajstić information content (AvgIpc) is 2.87. The SMILES string of the molecule is C=CCc1c(C)n(C)c2ccnc(N3CCc4ccccc4C3)c12.Cl. The zero-order valence-electron chi connectivity index (χ0n) is 14.8. The molecule has 1 aromatic carbocycles. The molecule has 0 saturated carbocycles. The van der Waals surface area contributed by atoms with Crippen molar-refractivity contribution in [1.82, 2.24) is 9.55 Å². The Bertz CT molecular complexity index is 926. The molecule has 1 aliphatic rings. The molecule has 0 bridgehead atoms. The van der Waals surface area contributed by atoms with Gasteiger partial charge >= 0.3 is 0 Å². The molecule has 130 valence electrons. The highest BCUT2D eigenvalue weighted by atomic mass is 35.5. The molecule has 0 atom stereocenters. The van der Waals surface area contributed by atoms with Gasteiger partial charge in [-0.05, 0) is 42.5 Å². The van der Waals surface area contributed by atoms with Crippen LogP contribution in [0, 0.1) is 6.92 Å². The van der Waals surface area contributed by atoms with Gasteiger partial charge in [0.15, 0.2) is 0 Å². The normalized spacial score (nSPS) is 13.4. The Morgan fingerprint density at radius 1 is 1.20 bits per heavy atom. The van der Waals surface area contributed by atoms with Gasteiger partial charge in [0.1, 0.15) is 5.82 Å². The minimum atomic E-state index is 0. The van der Waals surface area contributed by atoms with Crippen molar-refractivity contribution in [3.05, 3.63) is 71.6 Å². The highest BCUT2D eigenvalue weighted by molar-refractivity contribution is 5.95. The first-order chi connectivity index (χ1) is 11.7. The summed E-state index contributed by atoms with van der Waals surface area (Å²) in [6.07, 6.45) is 5.89. The minimum Gasteiger partial charge on any atom is -0.351 e. The van der Waals surface area contributed by atoms with Crippen LogP contribution in [0.2, 0.25) is 0 Å². The highest BCUT2D eigenvalue weighted by Gasteiger charge is 2.22. The third-order valence-electron chi connectivity index (χ3n) is 5.29. The molecule has 0 spiro atoms. The summed E-state index contributed by atoms with van der Waals surface area (Å²) in [5, 5.41) is 1.29. The van der Waals surface area contributed by atoms with Crippen LogP contribution in [-0.2, 0) is 26.4 Å². The van der Waals surface area contributed by atoms with Gasteiger partial charge in [-0.25, -0.2) is 4.98 Å². The lowest BCUT2D eigenvalue weighted by atomic mass is 9.99. The van der Waals surface area contributed by atoms with Gasteiger partial charge in [0, 0.05) is 37.4 Å². The van der Waals surface area contributed by atoms with Crippen LogP contribution in [0.4, 0.5) is 5.82 Å². The van der Waals surface area contributed by atoms with E-state index in [-0.39, 0.29) is 12.4 Å². The van der Waals surface area contributed by atoms with Crippen LogP contribution < -0.4 is 4.90 Å². The van der Waals surface area contributed by atoms with E-state index in [1.807, 2.05) is 12.3 Å². The standard InChI is InChI=1S/C21H23N3.ClH/c1-4-7-18-15(2)23(3)19-10-12-22-21(20(18)19)24-13-11-16-8-5-6-9-17(16)14-24;/h4-6,8-10,12H,1,7,11,13-14H2,2-3H3;1H. The van der Waals surface area contributed by atoms with E-state index in [0.717, 1.165) is 31.7 Å². The summed E-state index contributed by atoms with van der Waals surface area (Å²) in [4.78, 5) is 7.21. The molecule has 1 aliphatic heterocycles. The molecule has 0 amide bonds. The Balaban J connectivity index is 0.00000182. The number of rotatable bonds is 3. The van der Waals surface area contributed by atoms with Gasteiger partial charge in [-0.2, -0.15) is 0 Å². The third-order valence-corrected chi connectivity index (χ3v) is 5.29. The third kappa shape index (κ3) is 2.83. The van der Waals surface area contributed by atoms with E-state index in [4.69, 9.17) is 4.98 Å². The van der Waals surface area contributed by atoms with E-state index >= 15 is 0 Å². The monoisotopic (exact) mass is 353 g/mol. The number of fused-ring (bicyclic) bond motifs is 2. The molecule has 2 aromatic heterocycles. The number of anilines is 1. The molecule has 3 heterocycles. The van der Waals surface area contributed by atoms with E-state index in [9.17, 15) is 0 Å². The summed E-state index contributed by atoms with van der Waals surface area (Å²) in [6.45, 7) is 8.08. The Kier molecular flexibility index (Phi) is 4.87. The Morgan fingerprint density at radius 2 is 1.96 bits per heavy atom. The average molecular weight is 354 g/mol. The van der Waals surface area contributed by atoms with Gasteiger partial charge in [0.25, 0.3) is 0 Å². The van der Waals surface area contributed by atoms with Gasteiger partial charge in [0.2, 0.25) is 0 Å². The van der Waals surface area contributed by atoms with Crippen molar-refractivity contribution in [1.29, 1.82) is 0 Å². The number of aryl methyl sites for hydroxylation is 1. The molecule has 4 rings (SSSR count). The fourth-order valence-corrected chi connectivity index (χ4v) is 3.88. The lowest BCUT2D eigenvalue weighted by Crippen LogP contribution is -2.31. The van der Waals surface area contributed by atoms with Gasteiger partial charge in [-0.3, -0.25) is 0 Å². The fourth-order valence-electron chi connectivity index (χ4n) is 3.88. The first-order valence-electron chi connectivity index (χ1n) is 8.56. The predicted molar refractivity (Wildman–Crippen MR) is 108 cm³/mol. The zero-order chi connectivity index (χ0) is 16.7. The number of halogens is 1. The first-order valence-corrected chi connectivity index (χ1v) is 8.56.